The second-order valence-corrected chi connectivity index (χ2v) is 3.27. The molecule has 5 heteroatoms. The first-order valence-electron chi connectivity index (χ1n) is 3.78. The summed E-state index contributed by atoms with van der Waals surface area (Å²) in [6, 6.07) is -0.106. The summed E-state index contributed by atoms with van der Waals surface area (Å²) in [6.45, 7) is 0.134. The van der Waals surface area contributed by atoms with Crippen molar-refractivity contribution in [3.63, 3.8) is 0 Å². The van der Waals surface area contributed by atoms with E-state index >= 15 is 0 Å². The van der Waals surface area contributed by atoms with Crippen LogP contribution in [-0.4, -0.2) is 55.1 Å². The van der Waals surface area contributed by atoms with Gasteiger partial charge < -0.3 is 19.7 Å². The maximum atomic E-state index is 9.54. The summed E-state index contributed by atoms with van der Waals surface area (Å²) in [7, 11) is 1.84. The largest absolute Gasteiger partial charge is 0.393 e. The smallest absolute Gasteiger partial charge is 0.142 e. The average molecular weight is 158 g/mol. The van der Waals surface area contributed by atoms with Gasteiger partial charge in [0.15, 0.2) is 0 Å². The summed E-state index contributed by atoms with van der Waals surface area (Å²) in [6.07, 6.45) is -0.912. The van der Waals surface area contributed by atoms with Crippen LogP contribution in [0.25, 0.3) is 0 Å². The van der Waals surface area contributed by atoms with Crippen LogP contribution in [0.3, 0.4) is 0 Å². The van der Waals surface area contributed by atoms with Gasteiger partial charge in [-0.15, -0.1) is 0 Å². The molecule has 0 radical (unpaired) electrons. The van der Waals surface area contributed by atoms with Gasteiger partial charge in [0.05, 0.1) is 19.2 Å². The number of aliphatic hydroxyl groups is 2. The molecule has 4 nitrogen and oxygen atoms in total. The maximum absolute atomic E-state index is 9.54. The fourth-order valence-corrected chi connectivity index (χ4v) is 1.82. The van der Waals surface area contributed by atoms with Crippen LogP contribution in [0.2, 0.25) is 0 Å². The summed E-state index contributed by atoms with van der Waals surface area (Å²) in [5, 5.41) is 18.5. The average Bonchev–Trinajstić information content (AvgIpc) is 2.42. The molecule has 0 saturated carbocycles. The molecule has 11 heavy (non-hydrogen) atoms. The van der Waals surface area contributed by atoms with Crippen molar-refractivity contribution in [1.29, 1.82) is 0 Å². The molecule has 2 fully saturated rings. The van der Waals surface area contributed by atoms with E-state index in [1.54, 1.807) is 0 Å². The summed E-state index contributed by atoms with van der Waals surface area (Å²) in [4.78, 5) is 0. The summed E-state index contributed by atoms with van der Waals surface area (Å²) < 4.78 is 10.6. The lowest BCUT2D eigenvalue weighted by Gasteiger charge is -2.27. The zero-order valence-corrected chi connectivity index (χ0v) is 6.36. The molecular weight excluding hydrogens is 147 g/mol. The van der Waals surface area contributed by atoms with Crippen molar-refractivity contribution < 1.29 is 19.7 Å². The molecule has 2 aliphatic rings. The van der Waals surface area contributed by atoms with E-state index in [2.05, 4.69) is 0 Å². The molecular formula is C6H11BO4. The summed E-state index contributed by atoms with van der Waals surface area (Å²) >= 11 is 0. The van der Waals surface area contributed by atoms with Gasteiger partial charge in [0.2, 0.25) is 0 Å². The highest BCUT2D eigenvalue weighted by Crippen LogP contribution is 2.38. The van der Waals surface area contributed by atoms with E-state index in [4.69, 9.17) is 14.6 Å². The van der Waals surface area contributed by atoms with Gasteiger partial charge in [0, 0.05) is 0 Å². The molecule has 0 aliphatic carbocycles. The molecule has 2 aliphatic heterocycles. The van der Waals surface area contributed by atoms with Crippen LogP contribution in [0.4, 0.5) is 0 Å². The second-order valence-electron chi connectivity index (χ2n) is 3.27. The van der Waals surface area contributed by atoms with Gasteiger partial charge in [0.25, 0.3) is 0 Å². The van der Waals surface area contributed by atoms with Crippen molar-refractivity contribution in [3.05, 3.63) is 0 Å². The van der Waals surface area contributed by atoms with Gasteiger partial charge in [0.1, 0.15) is 25.7 Å². The van der Waals surface area contributed by atoms with Gasteiger partial charge >= 0.3 is 0 Å². The van der Waals surface area contributed by atoms with Crippen molar-refractivity contribution >= 4 is 7.85 Å². The number of fused-ring (bicyclic) bond motifs is 2. The quantitative estimate of drug-likeness (QED) is 0.413. The van der Waals surface area contributed by atoms with E-state index in [0.29, 0.717) is 6.61 Å². The van der Waals surface area contributed by atoms with Crippen LogP contribution < -0.4 is 0 Å². The molecule has 2 heterocycles. The highest BCUT2D eigenvalue weighted by molar-refractivity contribution is 6.11. The minimum atomic E-state index is -0.829. The Morgan fingerprint density at radius 2 is 2.36 bits per heavy atom. The van der Waals surface area contributed by atoms with Gasteiger partial charge in [-0.25, -0.2) is 0 Å². The minimum absolute atomic E-state index is 0.106. The number of ether oxygens (including phenoxy) is 2. The second kappa shape index (κ2) is 2.20. The topological polar surface area (TPSA) is 58.9 Å². The van der Waals surface area contributed by atoms with Crippen LogP contribution in [0.5, 0.6) is 0 Å². The zero-order chi connectivity index (χ0) is 8.06. The monoisotopic (exact) mass is 158 g/mol. The van der Waals surface area contributed by atoms with Gasteiger partial charge in [-0.3, -0.25) is 0 Å². The van der Waals surface area contributed by atoms with Crippen molar-refractivity contribution in [3.8, 4) is 0 Å². The number of hydrogen-bond donors (Lipinski definition) is 2. The van der Waals surface area contributed by atoms with Crippen molar-refractivity contribution in [2.24, 2.45) is 0 Å². The fourth-order valence-electron chi connectivity index (χ4n) is 1.82. The molecule has 2 unspecified atom stereocenters. The lowest BCUT2D eigenvalue weighted by Crippen LogP contribution is -2.44. The standard InChI is InChI=1S/C6H11BO4/c7-5-3-4(9)6(1-8,11-5)2-10-3/h3-5,8-9H,1-2,7H2/t3-,4?,5+,6?/m0/s1. The number of aliphatic hydroxyl groups excluding tert-OH is 2. The van der Waals surface area contributed by atoms with E-state index < -0.39 is 11.7 Å². The van der Waals surface area contributed by atoms with Crippen LogP contribution in [0.1, 0.15) is 0 Å². The third kappa shape index (κ3) is 0.795. The third-order valence-corrected chi connectivity index (χ3v) is 2.52. The van der Waals surface area contributed by atoms with E-state index in [1.807, 2.05) is 7.85 Å². The van der Waals surface area contributed by atoms with E-state index in [9.17, 15) is 5.11 Å². The van der Waals surface area contributed by atoms with Crippen molar-refractivity contribution in [2.45, 2.75) is 23.8 Å². The predicted octanol–water partition coefficient (Wildman–Crippen LogP) is -2.53. The Bertz CT molecular complexity index is 176. The minimum Gasteiger partial charge on any atom is -0.393 e. The molecule has 0 aromatic carbocycles. The lowest BCUT2D eigenvalue weighted by atomic mass is 9.92. The molecule has 4 atom stereocenters. The van der Waals surface area contributed by atoms with Crippen molar-refractivity contribution in [1.82, 2.24) is 0 Å². The molecule has 0 spiro atoms. The van der Waals surface area contributed by atoms with Gasteiger partial charge in [-0.05, 0) is 0 Å². The SMILES string of the molecule is B[C@@H]1OC2(CO)CO[C@H]1C2O. The Morgan fingerprint density at radius 3 is 2.64 bits per heavy atom. The molecule has 2 N–H and O–H groups in total. The lowest BCUT2D eigenvalue weighted by molar-refractivity contribution is -0.136. The first kappa shape index (κ1) is 7.55. The Hall–Kier alpha value is -0.0951. The maximum Gasteiger partial charge on any atom is 0.142 e. The molecule has 0 aromatic heterocycles. The molecule has 0 aromatic rings. The van der Waals surface area contributed by atoms with Crippen LogP contribution >= 0.6 is 0 Å². The van der Waals surface area contributed by atoms with E-state index in [-0.39, 0.29) is 18.7 Å². The Morgan fingerprint density at radius 1 is 1.64 bits per heavy atom. The number of hydrogen-bond acceptors (Lipinski definition) is 4. The first-order valence-corrected chi connectivity index (χ1v) is 3.78. The molecule has 2 saturated heterocycles. The van der Waals surface area contributed by atoms with Crippen molar-refractivity contribution in [2.75, 3.05) is 13.2 Å². The third-order valence-electron chi connectivity index (χ3n) is 2.52. The predicted molar refractivity (Wildman–Crippen MR) is 39.0 cm³/mol. The van der Waals surface area contributed by atoms with Crippen LogP contribution in [0.15, 0.2) is 0 Å². The number of rotatable bonds is 1. The Labute approximate surface area is 65.5 Å². The van der Waals surface area contributed by atoms with E-state index in [0.717, 1.165) is 0 Å². The zero-order valence-electron chi connectivity index (χ0n) is 6.36. The normalized spacial score (nSPS) is 55.3. The van der Waals surface area contributed by atoms with E-state index in [1.165, 1.54) is 0 Å². The molecule has 2 bridgehead atoms. The first-order chi connectivity index (χ1) is 5.19. The highest BCUT2D eigenvalue weighted by atomic mass is 16.6. The molecule has 2 rings (SSSR count). The fraction of sp³-hybridized carbons (Fsp3) is 1.00. The highest BCUT2D eigenvalue weighted by Gasteiger charge is 2.58. The summed E-state index contributed by atoms with van der Waals surface area (Å²) in [5.41, 5.74) is -0.829. The summed E-state index contributed by atoms with van der Waals surface area (Å²) in [5.74, 6) is 0. The Balaban J connectivity index is 2.24. The van der Waals surface area contributed by atoms with Crippen LogP contribution in [-0.2, 0) is 9.47 Å². The van der Waals surface area contributed by atoms with Crippen LogP contribution in [0, 0.1) is 0 Å². The molecule has 62 valence electrons. The van der Waals surface area contributed by atoms with Gasteiger partial charge in [-0.2, -0.15) is 0 Å². The molecule has 0 amide bonds. The Kier molecular flexibility index (Phi) is 1.51. The van der Waals surface area contributed by atoms with Gasteiger partial charge in [-0.1, -0.05) is 0 Å².